The van der Waals surface area contributed by atoms with Gasteiger partial charge in [0, 0.05) is 6.54 Å². The molecule has 0 spiro atoms. The molecule has 49 heavy (non-hydrogen) atoms. The SMILES string of the molecule is CCCCCCCC/C=C\CCCCCCCCOP(=O)(NCCn1cc[n+](C)c1)OCCCCCCCC/C=C\CCCCCCCC. The first-order valence-corrected chi connectivity index (χ1v) is 22.6. The summed E-state index contributed by atoms with van der Waals surface area (Å²) in [7, 11) is -1.31. The van der Waals surface area contributed by atoms with Crippen LogP contribution >= 0.6 is 7.75 Å². The molecule has 0 aliphatic rings. The highest BCUT2D eigenvalue weighted by atomic mass is 31.2. The largest absolute Gasteiger partial charge is 0.405 e. The van der Waals surface area contributed by atoms with Crippen LogP contribution in [0.2, 0.25) is 0 Å². The van der Waals surface area contributed by atoms with Gasteiger partial charge in [0.2, 0.25) is 6.33 Å². The number of aryl methyl sites for hydroxylation is 1. The summed E-state index contributed by atoms with van der Waals surface area (Å²) in [5.41, 5.74) is 0. The van der Waals surface area contributed by atoms with E-state index in [-0.39, 0.29) is 0 Å². The van der Waals surface area contributed by atoms with Crippen molar-refractivity contribution in [3.05, 3.63) is 43.0 Å². The number of nitrogens with one attached hydrogen (secondary N) is 1. The number of unbranched alkanes of at least 4 members (excludes halogenated alkanes) is 24. The number of rotatable bonds is 38. The van der Waals surface area contributed by atoms with Crippen molar-refractivity contribution in [2.75, 3.05) is 19.8 Å². The molecule has 0 saturated carbocycles. The predicted octanol–water partition coefficient (Wildman–Crippen LogP) is 13.1. The van der Waals surface area contributed by atoms with Crippen LogP contribution in [0.15, 0.2) is 43.0 Å². The highest BCUT2D eigenvalue weighted by Crippen LogP contribution is 2.44. The van der Waals surface area contributed by atoms with Crippen LogP contribution < -0.4 is 9.65 Å². The highest BCUT2D eigenvalue weighted by Gasteiger charge is 2.24. The van der Waals surface area contributed by atoms with Crippen molar-refractivity contribution >= 4 is 7.75 Å². The molecular weight excluding hydrogens is 625 g/mol. The van der Waals surface area contributed by atoms with E-state index in [0.29, 0.717) is 19.8 Å². The summed E-state index contributed by atoms with van der Waals surface area (Å²) in [6, 6.07) is 0. The van der Waals surface area contributed by atoms with Crippen LogP contribution in [0, 0.1) is 0 Å². The third-order valence-electron chi connectivity index (χ3n) is 9.33. The lowest BCUT2D eigenvalue weighted by Gasteiger charge is -2.19. The highest BCUT2D eigenvalue weighted by molar-refractivity contribution is 7.51. The summed E-state index contributed by atoms with van der Waals surface area (Å²) in [5, 5.41) is 3.13. The Morgan fingerprint density at radius 1 is 0.571 bits per heavy atom. The van der Waals surface area contributed by atoms with Crippen LogP contribution in [-0.2, 0) is 27.2 Å². The molecule has 1 rings (SSSR count). The second-order valence-electron chi connectivity index (χ2n) is 14.3. The molecule has 6 nitrogen and oxygen atoms in total. The van der Waals surface area contributed by atoms with Crippen LogP contribution in [0.25, 0.3) is 0 Å². The van der Waals surface area contributed by atoms with E-state index in [1.54, 1.807) is 0 Å². The van der Waals surface area contributed by atoms with Gasteiger partial charge in [-0.25, -0.2) is 18.8 Å². The molecule has 0 radical (unpaired) electrons. The summed E-state index contributed by atoms with van der Waals surface area (Å²) in [4.78, 5) is 0. The Balaban J connectivity index is 2.12. The van der Waals surface area contributed by atoms with Crippen molar-refractivity contribution in [3.8, 4) is 0 Å². The molecule has 0 bridgehead atoms. The Morgan fingerprint density at radius 2 is 0.939 bits per heavy atom. The zero-order chi connectivity index (χ0) is 35.4. The number of nitrogens with zero attached hydrogens (tertiary/aromatic N) is 2. The lowest BCUT2D eigenvalue weighted by molar-refractivity contribution is -0.671. The normalized spacial score (nSPS) is 12.3. The number of imidazole rings is 1. The zero-order valence-electron chi connectivity index (χ0n) is 32.7. The average molecular weight is 707 g/mol. The number of aromatic nitrogens is 2. The van der Waals surface area contributed by atoms with Crippen molar-refractivity contribution in [2.45, 2.75) is 200 Å². The van der Waals surface area contributed by atoms with Gasteiger partial charge in [0.05, 0.1) is 20.3 Å². The van der Waals surface area contributed by atoms with Crippen molar-refractivity contribution in [1.29, 1.82) is 0 Å². The van der Waals surface area contributed by atoms with E-state index in [2.05, 4.69) is 47.8 Å². The summed E-state index contributed by atoms with van der Waals surface area (Å²) in [6.07, 6.45) is 51.2. The topological polar surface area (TPSA) is 56.4 Å². The van der Waals surface area contributed by atoms with Gasteiger partial charge in [0.1, 0.15) is 18.9 Å². The molecule has 0 aliphatic carbocycles. The van der Waals surface area contributed by atoms with E-state index in [1.165, 1.54) is 154 Å². The number of hydrogen-bond acceptors (Lipinski definition) is 3. The van der Waals surface area contributed by atoms with Crippen LogP contribution in [0.5, 0.6) is 0 Å². The Labute approximate surface area is 304 Å². The molecule has 0 saturated heterocycles. The predicted molar refractivity (Wildman–Crippen MR) is 212 cm³/mol. The minimum absolute atomic E-state index is 0.483. The van der Waals surface area contributed by atoms with Gasteiger partial charge in [-0.2, -0.15) is 0 Å². The second kappa shape index (κ2) is 35.2. The fourth-order valence-corrected chi connectivity index (χ4v) is 7.52. The summed E-state index contributed by atoms with van der Waals surface area (Å²) >= 11 is 0. The molecule has 0 fully saturated rings. The first-order valence-electron chi connectivity index (χ1n) is 21.0. The molecule has 1 heterocycles. The van der Waals surface area contributed by atoms with E-state index in [0.717, 1.165) is 32.2 Å². The van der Waals surface area contributed by atoms with Gasteiger partial charge in [0.15, 0.2) is 0 Å². The molecule has 0 atom stereocenters. The molecular formula is C42H81N3O3P+. The van der Waals surface area contributed by atoms with Gasteiger partial charge in [-0.3, -0.25) is 9.05 Å². The molecule has 1 N–H and O–H groups in total. The van der Waals surface area contributed by atoms with E-state index in [9.17, 15) is 4.57 Å². The Bertz CT molecular complexity index is 884. The van der Waals surface area contributed by atoms with Crippen LogP contribution in [0.1, 0.15) is 194 Å². The Morgan fingerprint density at radius 3 is 1.31 bits per heavy atom. The van der Waals surface area contributed by atoms with Crippen LogP contribution in [0.4, 0.5) is 0 Å². The van der Waals surface area contributed by atoms with Gasteiger partial charge in [-0.1, -0.05) is 154 Å². The van der Waals surface area contributed by atoms with E-state index in [1.807, 2.05) is 30.3 Å². The van der Waals surface area contributed by atoms with E-state index in [4.69, 9.17) is 9.05 Å². The molecule has 0 aromatic carbocycles. The average Bonchev–Trinajstić information content (AvgIpc) is 3.52. The first kappa shape index (κ1) is 45.8. The lowest BCUT2D eigenvalue weighted by Crippen LogP contribution is -2.25. The maximum absolute atomic E-state index is 13.5. The molecule has 0 unspecified atom stereocenters. The van der Waals surface area contributed by atoms with Gasteiger partial charge in [0.25, 0.3) is 0 Å². The van der Waals surface area contributed by atoms with Crippen molar-refractivity contribution < 1.29 is 18.2 Å². The van der Waals surface area contributed by atoms with Gasteiger partial charge < -0.3 is 0 Å². The van der Waals surface area contributed by atoms with Crippen molar-refractivity contribution in [2.24, 2.45) is 7.05 Å². The first-order chi connectivity index (χ1) is 24.1. The number of allylic oxidation sites excluding steroid dienone is 4. The molecule has 1 aromatic rings. The summed E-state index contributed by atoms with van der Waals surface area (Å²) in [5.74, 6) is 0. The van der Waals surface area contributed by atoms with Gasteiger partial charge in [-0.05, 0) is 64.2 Å². The smallest absolute Gasteiger partial charge is 0.297 e. The lowest BCUT2D eigenvalue weighted by atomic mass is 10.1. The molecule has 0 aliphatic heterocycles. The van der Waals surface area contributed by atoms with Crippen molar-refractivity contribution in [1.82, 2.24) is 9.65 Å². The second-order valence-corrected chi connectivity index (χ2v) is 16.1. The zero-order valence-corrected chi connectivity index (χ0v) is 33.6. The monoisotopic (exact) mass is 707 g/mol. The molecule has 0 amide bonds. The fourth-order valence-electron chi connectivity index (χ4n) is 6.15. The Hall–Kier alpha value is -1.20. The molecule has 7 heteroatoms. The van der Waals surface area contributed by atoms with Crippen LogP contribution in [0.3, 0.4) is 0 Å². The minimum atomic E-state index is -3.31. The summed E-state index contributed by atoms with van der Waals surface area (Å²) in [6.45, 7) is 6.79. The van der Waals surface area contributed by atoms with E-state index < -0.39 is 7.75 Å². The van der Waals surface area contributed by atoms with E-state index >= 15 is 0 Å². The van der Waals surface area contributed by atoms with Gasteiger partial charge in [-0.15, -0.1) is 0 Å². The maximum atomic E-state index is 13.5. The standard InChI is InChI=1S/C42H81N3O3P/c1-4-6-8-10-12-14-16-18-20-22-24-26-28-30-32-34-40-47-49(46,43-36-37-45-39-38-44(3)42-45)48-41-35-33-31-29-27-25-23-21-19-17-15-13-11-9-7-5-2/h18-21,38-39,42H,4-17,22-37,40-41H2,1-3H3,(H,43,46)/q+1/b20-18-,21-19-. The quantitative estimate of drug-likeness (QED) is 0.0322. The minimum Gasteiger partial charge on any atom is -0.297 e. The number of hydrogen-bond donors (Lipinski definition) is 1. The van der Waals surface area contributed by atoms with Crippen LogP contribution in [-0.4, -0.2) is 24.3 Å². The maximum Gasteiger partial charge on any atom is 0.405 e. The molecule has 1 aromatic heterocycles. The Kier molecular flexibility index (Phi) is 32.9. The van der Waals surface area contributed by atoms with Crippen molar-refractivity contribution in [3.63, 3.8) is 0 Å². The van der Waals surface area contributed by atoms with Gasteiger partial charge >= 0.3 is 7.75 Å². The third-order valence-corrected chi connectivity index (χ3v) is 11.0. The molecule has 286 valence electrons. The summed E-state index contributed by atoms with van der Waals surface area (Å²) < 4.78 is 29.5. The fraction of sp³-hybridized carbons (Fsp3) is 0.833. The third kappa shape index (κ3) is 31.3.